The maximum atomic E-state index is 11.5. The van der Waals surface area contributed by atoms with E-state index in [0.717, 1.165) is 76.1 Å². The van der Waals surface area contributed by atoms with Crippen molar-refractivity contribution in [1.82, 2.24) is 10.2 Å². The number of aryl methyl sites for hydroxylation is 1. The number of rotatable bonds is 8. The lowest BCUT2D eigenvalue weighted by Crippen LogP contribution is -2.28. The van der Waals surface area contributed by atoms with Crippen molar-refractivity contribution < 1.29 is 4.79 Å². The molecular weight excluding hydrogens is 300 g/mol. The molecule has 5 heteroatoms. The van der Waals surface area contributed by atoms with Gasteiger partial charge in [-0.2, -0.15) is 5.26 Å². The van der Waals surface area contributed by atoms with Gasteiger partial charge in [-0.05, 0) is 56.0 Å². The predicted molar refractivity (Wildman–Crippen MR) is 94.9 cm³/mol. The third-order valence-corrected chi connectivity index (χ3v) is 4.92. The fraction of sp³-hybridized carbons (Fsp3) is 0.579. The van der Waals surface area contributed by atoms with E-state index in [9.17, 15) is 10.1 Å². The smallest absolute Gasteiger partial charge is 0.222 e. The molecule has 0 bridgehead atoms. The normalized spacial score (nSPS) is 19.2. The highest BCUT2D eigenvalue weighted by Gasteiger charge is 2.21. The molecule has 1 saturated heterocycles. The SMILES string of the molecule is N#CC1CNc2ccc(CCCNCCCN3CCCC3=O)cc21. The number of nitrogens with zero attached hydrogens (tertiary/aromatic N) is 2. The molecule has 24 heavy (non-hydrogen) atoms. The molecule has 0 aliphatic carbocycles. The standard InChI is InChI=1S/C19H26N4O/c20-13-16-14-22-18-7-6-15(12-17(16)18)4-1-8-21-9-3-11-23-10-2-5-19(23)24/h6-7,12,16,21-22H,1-5,8-11,14H2. The first-order valence-corrected chi connectivity index (χ1v) is 9.03. The highest BCUT2D eigenvalue weighted by atomic mass is 16.2. The van der Waals surface area contributed by atoms with E-state index in [1.54, 1.807) is 0 Å². The van der Waals surface area contributed by atoms with E-state index >= 15 is 0 Å². The van der Waals surface area contributed by atoms with E-state index in [4.69, 9.17) is 0 Å². The highest BCUT2D eigenvalue weighted by Crippen LogP contribution is 2.31. The van der Waals surface area contributed by atoms with Crippen molar-refractivity contribution in [2.45, 2.75) is 38.0 Å². The highest BCUT2D eigenvalue weighted by molar-refractivity contribution is 5.78. The average molecular weight is 326 g/mol. The van der Waals surface area contributed by atoms with Gasteiger partial charge in [-0.25, -0.2) is 0 Å². The van der Waals surface area contributed by atoms with Gasteiger partial charge in [-0.1, -0.05) is 12.1 Å². The van der Waals surface area contributed by atoms with Gasteiger partial charge in [0, 0.05) is 31.7 Å². The molecule has 1 unspecified atom stereocenters. The monoisotopic (exact) mass is 326 g/mol. The minimum Gasteiger partial charge on any atom is -0.383 e. The molecule has 0 spiro atoms. The van der Waals surface area contributed by atoms with Crippen LogP contribution in [0.5, 0.6) is 0 Å². The Morgan fingerprint density at radius 2 is 2.21 bits per heavy atom. The van der Waals surface area contributed by atoms with E-state index < -0.39 is 0 Å². The molecular formula is C19H26N4O. The summed E-state index contributed by atoms with van der Waals surface area (Å²) < 4.78 is 0. The van der Waals surface area contributed by atoms with Crippen LogP contribution >= 0.6 is 0 Å². The van der Waals surface area contributed by atoms with Crippen molar-refractivity contribution in [2.24, 2.45) is 0 Å². The Morgan fingerprint density at radius 3 is 3.00 bits per heavy atom. The zero-order chi connectivity index (χ0) is 16.8. The molecule has 2 aliphatic heterocycles. The van der Waals surface area contributed by atoms with Crippen LogP contribution in [0.3, 0.4) is 0 Å². The minimum atomic E-state index is -0.00799. The van der Waals surface area contributed by atoms with Crippen molar-refractivity contribution in [3.05, 3.63) is 29.3 Å². The minimum absolute atomic E-state index is 0.00799. The van der Waals surface area contributed by atoms with Gasteiger partial charge in [0.25, 0.3) is 0 Å². The number of carbonyl (C=O) groups is 1. The van der Waals surface area contributed by atoms with E-state index in [-0.39, 0.29) is 5.92 Å². The second-order valence-corrected chi connectivity index (χ2v) is 6.68. The molecule has 2 heterocycles. The number of carbonyl (C=O) groups excluding carboxylic acids is 1. The van der Waals surface area contributed by atoms with Gasteiger partial charge in [0.1, 0.15) is 0 Å². The number of benzene rings is 1. The fourth-order valence-corrected chi connectivity index (χ4v) is 3.53. The molecule has 2 aliphatic rings. The van der Waals surface area contributed by atoms with Crippen molar-refractivity contribution in [3.63, 3.8) is 0 Å². The fourth-order valence-electron chi connectivity index (χ4n) is 3.53. The number of fused-ring (bicyclic) bond motifs is 1. The Kier molecular flexibility index (Phi) is 5.71. The summed E-state index contributed by atoms with van der Waals surface area (Å²) in [5.74, 6) is 0.308. The summed E-state index contributed by atoms with van der Waals surface area (Å²) in [6.45, 7) is 4.52. The Hall–Kier alpha value is -2.06. The van der Waals surface area contributed by atoms with Gasteiger partial charge in [0.2, 0.25) is 5.91 Å². The lowest BCUT2D eigenvalue weighted by Gasteiger charge is -2.15. The Morgan fingerprint density at radius 1 is 1.33 bits per heavy atom. The summed E-state index contributed by atoms with van der Waals surface area (Å²) in [5.41, 5.74) is 3.57. The third-order valence-electron chi connectivity index (χ3n) is 4.92. The largest absolute Gasteiger partial charge is 0.383 e. The molecule has 2 N–H and O–H groups in total. The topological polar surface area (TPSA) is 68.2 Å². The molecule has 128 valence electrons. The van der Waals surface area contributed by atoms with Crippen LogP contribution in [0.15, 0.2) is 18.2 Å². The van der Waals surface area contributed by atoms with E-state index in [1.807, 2.05) is 4.90 Å². The Labute approximate surface area is 144 Å². The molecule has 1 fully saturated rings. The maximum absolute atomic E-state index is 11.5. The number of nitriles is 1. The van der Waals surface area contributed by atoms with Gasteiger partial charge < -0.3 is 15.5 Å². The van der Waals surface area contributed by atoms with Gasteiger partial charge in [0.05, 0.1) is 12.0 Å². The van der Waals surface area contributed by atoms with Crippen LogP contribution < -0.4 is 10.6 Å². The summed E-state index contributed by atoms with van der Waals surface area (Å²) in [7, 11) is 0. The zero-order valence-corrected chi connectivity index (χ0v) is 14.2. The number of anilines is 1. The first kappa shape index (κ1) is 16.8. The van der Waals surface area contributed by atoms with Crippen molar-refractivity contribution >= 4 is 11.6 Å². The van der Waals surface area contributed by atoms with Crippen LogP contribution in [-0.4, -0.2) is 43.5 Å². The summed E-state index contributed by atoms with van der Waals surface area (Å²) in [5, 5.41) is 15.9. The quantitative estimate of drug-likeness (QED) is 0.719. The Bertz CT molecular complexity index is 622. The van der Waals surface area contributed by atoms with Gasteiger partial charge in [-0.15, -0.1) is 0 Å². The molecule has 0 aromatic heterocycles. The van der Waals surface area contributed by atoms with Crippen molar-refractivity contribution in [3.8, 4) is 6.07 Å². The molecule has 1 aromatic carbocycles. The number of hydrogen-bond donors (Lipinski definition) is 2. The first-order chi connectivity index (χ1) is 11.8. The molecule has 1 aromatic rings. The second-order valence-electron chi connectivity index (χ2n) is 6.68. The van der Waals surface area contributed by atoms with Crippen molar-refractivity contribution in [1.29, 1.82) is 5.26 Å². The molecule has 0 saturated carbocycles. The summed E-state index contributed by atoms with van der Waals surface area (Å²) in [6, 6.07) is 8.80. The van der Waals surface area contributed by atoms with Crippen LogP contribution in [0.2, 0.25) is 0 Å². The number of hydrogen-bond acceptors (Lipinski definition) is 4. The van der Waals surface area contributed by atoms with Crippen molar-refractivity contribution in [2.75, 3.05) is 38.0 Å². The Balaban J connectivity index is 1.31. The first-order valence-electron chi connectivity index (χ1n) is 9.03. The van der Waals surface area contributed by atoms with E-state index in [1.165, 1.54) is 5.56 Å². The van der Waals surface area contributed by atoms with Crippen LogP contribution in [-0.2, 0) is 11.2 Å². The lowest BCUT2D eigenvalue weighted by molar-refractivity contribution is -0.127. The van der Waals surface area contributed by atoms with Crippen LogP contribution in [0.4, 0.5) is 5.69 Å². The van der Waals surface area contributed by atoms with Gasteiger partial charge in [-0.3, -0.25) is 4.79 Å². The molecule has 1 atom stereocenters. The second kappa shape index (κ2) is 8.16. The third kappa shape index (κ3) is 4.07. The van der Waals surface area contributed by atoms with E-state index in [2.05, 4.69) is 34.9 Å². The van der Waals surface area contributed by atoms with Gasteiger partial charge in [0.15, 0.2) is 0 Å². The number of likely N-dealkylation sites (tertiary alicyclic amines) is 1. The summed E-state index contributed by atoms with van der Waals surface area (Å²) in [4.78, 5) is 13.5. The van der Waals surface area contributed by atoms with Crippen LogP contribution in [0.25, 0.3) is 0 Å². The molecule has 5 nitrogen and oxygen atoms in total. The molecule has 1 amide bonds. The molecule has 3 rings (SSSR count). The lowest BCUT2D eigenvalue weighted by atomic mass is 9.99. The van der Waals surface area contributed by atoms with Crippen LogP contribution in [0, 0.1) is 11.3 Å². The van der Waals surface area contributed by atoms with Crippen LogP contribution in [0.1, 0.15) is 42.7 Å². The number of nitrogens with one attached hydrogen (secondary N) is 2. The maximum Gasteiger partial charge on any atom is 0.222 e. The molecule has 0 radical (unpaired) electrons. The predicted octanol–water partition coefficient (Wildman–Crippen LogP) is 2.25. The summed E-state index contributed by atoms with van der Waals surface area (Å²) in [6.07, 6.45) is 4.90. The zero-order valence-electron chi connectivity index (χ0n) is 14.2. The number of amides is 1. The van der Waals surface area contributed by atoms with Gasteiger partial charge >= 0.3 is 0 Å². The average Bonchev–Trinajstić information content (AvgIpc) is 3.19. The summed E-state index contributed by atoms with van der Waals surface area (Å²) >= 11 is 0. The van der Waals surface area contributed by atoms with E-state index in [0.29, 0.717) is 5.91 Å².